The Kier molecular flexibility index (Phi) is 3.69. The van der Waals surface area contributed by atoms with Crippen LogP contribution < -0.4 is 5.32 Å². The number of nitrogens with zero attached hydrogens (tertiary/aromatic N) is 2. The van der Waals surface area contributed by atoms with Crippen molar-refractivity contribution in [2.75, 3.05) is 19.6 Å². The lowest BCUT2D eigenvalue weighted by atomic mass is 10.2. The smallest absolute Gasteiger partial charge is 0.245 e. The molecule has 0 bridgehead atoms. The van der Waals surface area contributed by atoms with E-state index >= 15 is 0 Å². The maximum atomic E-state index is 13.0. The predicted molar refractivity (Wildman–Crippen MR) is 82.7 cm³/mol. The molecule has 112 valence electrons. The minimum absolute atomic E-state index is 0.0514. The highest BCUT2D eigenvalue weighted by molar-refractivity contribution is 7.89. The summed E-state index contributed by atoms with van der Waals surface area (Å²) in [6.07, 6.45) is 1.71. The van der Waals surface area contributed by atoms with Crippen molar-refractivity contribution in [3.05, 3.63) is 36.0 Å². The van der Waals surface area contributed by atoms with Crippen LogP contribution in [0.25, 0.3) is 10.9 Å². The number of pyridine rings is 1. The molecule has 21 heavy (non-hydrogen) atoms. The zero-order chi connectivity index (χ0) is 15.0. The normalized spacial score (nSPS) is 20.8. The molecular weight excluding hydrogens is 286 g/mol. The van der Waals surface area contributed by atoms with E-state index in [4.69, 9.17) is 0 Å². The van der Waals surface area contributed by atoms with Gasteiger partial charge in [0, 0.05) is 37.3 Å². The second-order valence-corrected chi connectivity index (χ2v) is 7.37. The molecule has 1 saturated heterocycles. The highest BCUT2D eigenvalue weighted by Gasteiger charge is 2.32. The zero-order valence-corrected chi connectivity index (χ0v) is 13.0. The molecule has 2 heterocycles. The number of nitrogens with one attached hydrogen (secondary N) is 1. The van der Waals surface area contributed by atoms with Crippen molar-refractivity contribution in [2.45, 2.75) is 24.8 Å². The van der Waals surface area contributed by atoms with E-state index in [1.165, 1.54) is 0 Å². The van der Waals surface area contributed by atoms with Crippen LogP contribution in [0, 0.1) is 6.92 Å². The number of para-hydroxylation sites is 1. The lowest BCUT2D eigenvalue weighted by Crippen LogP contribution is -2.52. The van der Waals surface area contributed by atoms with Crippen molar-refractivity contribution in [2.24, 2.45) is 0 Å². The molecule has 0 amide bonds. The fourth-order valence-electron chi connectivity index (χ4n) is 2.76. The molecule has 1 aromatic carbocycles. The summed E-state index contributed by atoms with van der Waals surface area (Å²) < 4.78 is 27.5. The van der Waals surface area contributed by atoms with Gasteiger partial charge in [-0.05, 0) is 31.5 Å². The van der Waals surface area contributed by atoms with Crippen molar-refractivity contribution in [3.63, 3.8) is 0 Å². The third-order valence-electron chi connectivity index (χ3n) is 3.84. The van der Waals surface area contributed by atoms with E-state index in [0.717, 1.165) is 10.9 Å². The highest BCUT2D eigenvalue weighted by Crippen LogP contribution is 2.26. The van der Waals surface area contributed by atoms with Crippen molar-refractivity contribution in [3.8, 4) is 0 Å². The lowest BCUT2D eigenvalue weighted by molar-refractivity contribution is 0.284. The molecular formula is C15H19N3O2S. The van der Waals surface area contributed by atoms with E-state index in [1.54, 1.807) is 22.6 Å². The molecule has 1 aromatic heterocycles. The second-order valence-electron chi connectivity index (χ2n) is 5.51. The van der Waals surface area contributed by atoms with Crippen LogP contribution in [0.5, 0.6) is 0 Å². The van der Waals surface area contributed by atoms with Gasteiger partial charge < -0.3 is 5.32 Å². The first-order chi connectivity index (χ1) is 10.00. The molecule has 5 nitrogen and oxygen atoms in total. The van der Waals surface area contributed by atoms with Gasteiger partial charge in [0.1, 0.15) is 4.90 Å². The predicted octanol–water partition coefficient (Wildman–Crippen LogP) is 1.53. The van der Waals surface area contributed by atoms with Crippen LogP contribution in [0.15, 0.2) is 35.4 Å². The quantitative estimate of drug-likeness (QED) is 0.914. The summed E-state index contributed by atoms with van der Waals surface area (Å²) in [7, 11) is -3.52. The number of rotatable bonds is 2. The SMILES string of the molecule is Cc1cnc2c(S(=O)(=O)N3CCNC[C@H]3C)cccc2c1. The Morgan fingerprint density at radius 2 is 2.19 bits per heavy atom. The first kappa shape index (κ1) is 14.4. The van der Waals surface area contributed by atoms with E-state index in [2.05, 4.69) is 10.3 Å². The lowest BCUT2D eigenvalue weighted by Gasteiger charge is -2.33. The number of hydrogen-bond acceptors (Lipinski definition) is 4. The van der Waals surface area contributed by atoms with Crippen LogP contribution in [0.2, 0.25) is 0 Å². The van der Waals surface area contributed by atoms with Gasteiger partial charge in [0.2, 0.25) is 10.0 Å². The number of sulfonamides is 1. The fraction of sp³-hybridized carbons (Fsp3) is 0.400. The van der Waals surface area contributed by atoms with Gasteiger partial charge in [-0.15, -0.1) is 0 Å². The van der Waals surface area contributed by atoms with Crippen LogP contribution in [-0.4, -0.2) is 43.4 Å². The maximum Gasteiger partial charge on any atom is 0.245 e. The summed E-state index contributed by atoms with van der Waals surface area (Å²) in [5, 5.41) is 4.07. The molecule has 0 unspecified atom stereocenters. The minimum Gasteiger partial charge on any atom is -0.314 e. The molecule has 6 heteroatoms. The third-order valence-corrected chi connectivity index (χ3v) is 5.88. The molecule has 0 spiro atoms. The minimum atomic E-state index is -3.52. The van der Waals surface area contributed by atoms with Crippen LogP contribution in [0.3, 0.4) is 0 Å². The van der Waals surface area contributed by atoms with Gasteiger partial charge in [-0.3, -0.25) is 4.98 Å². The summed E-state index contributed by atoms with van der Waals surface area (Å²) >= 11 is 0. The summed E-state index contributed by atoms with van der Waals surface area (Å²) in [6.45, 7) is 5.72. The number of aromatic nitrogens is 1. The zero-order valence-electron chi connectivity index (χ0n) is 12.2. The van der Waals surface area contributed by atoms with Gasteiger partial charge >= 0.3 is 0 Å². The average molecular weight is 305 g/mol. The first-order valence-electron chi connectivity index (χ1n) is 7.08. The average Bonchev–Trinajstić information content (AvgIpc) is 2.46. The second kappa shape index (κ2) is 5.36. The summed E-state index contributed by atoms with van der Waals surface area (Å²) in [4.78, 5) is 4.65. The van der Waals surface area contributed by atoms with Gasteiger partial charge in [0.15, 0.2) is 0 Å². The topological polar surface area (TPSA) is 62.3 Å². The molecule has 1 aliphatic rings. The third kappa shape index (κ3) is 2.54. The molecule has 0 aliphatic carbocycles. The molecule has 0 radical (unpaired) electrons. The highest BCUT2D eigenvalue weighted by atomic mass is 32.2. The van der Waals surface area contributed by atoms with E-state index in [1.807, 2.05) is 26.0 Å². The van der Waals surface area contributed by atoms with Crippen LogP contribution >= 0.6 is 0 Å². The summed E-state index contributed by atoms with van der Waals surface area (Å²) in [5.41, 5.74) is 1.57. The Morgan fingerprint density at radius 3 is 2.95 bits per heavy atom. The number of fused-ring (bicyclic) bond motifs is 1. The van der Waals surface area contributed by atoms with Crippen molar-refractivity contribution < 1.29 is 8.42 Å². The van der Waals surface area contributed by atoms with Gasteiger partial charge in [0.05, 0.1) is 5.52 Å². The monoisotopic (exact) mass is 305 g/mol. The van der Waals surface area contributed by atoms with E-state index in [9.17, 15) is 8.42 Å². The summed E-state index contributed by atoms with van der Waals surface area (Å²) in [6, 6.07) is 7.24. The maximum absolute atomic E-state index is 13.0. The van der Waals surface area contributed by atoms with Gasteiger partial charge in [0.25, 0.3) is 0 Å². The Morgan fingerprint density at radius 1 is 1.38 bits per heavy atom. The molecule has 1 aliphatic heterocycles. The van der Waals surface area contributed by atoms with Crippen molar-refractivity contribution >= 4 is 20.9 Å². The molecule has 1 fully saturated rings. The van der Waals surface area contributed by atoms with Crippen LogP contribution in [0.1, 0.15) is 12.5 Å². The van der Waals surface area contributed by atoms with E-state index in [-0.39, 0.29) is 6.04 Å². The van der Waals surface area contributed by atoms with Gasteiger partial charge in [-0.25, -0.2) is 8.42 Å². The molecule has 3 rings (SSSR count). The van der Waals surface area contributed by atoms with E-state index in [0.29, 0.717) is 30.0 Å². The van der Waals surface area contributed by atoms with E-state index < -0.39 is 10.0 Å². The molecule has 1 N–H and O–H groups in total. The van der Waals surface area contributed by atoms with Gasteiger partial charge in [-0.1, -0.05) is 12.1 Å². The Bertz CT molecular complexity index is 774. The standard InChI is InChI=1S/C15H19N3O2S/c1-11-8-13-4-3-5-14(15(13)17-9-11)21(19,20)18-7-6-16-10-12(18)2/h3-5,8-9,12,16H,6-7,10H2,1-2H3/t12-/m1/s1. The van der Waals surface area contributed by atoms with Crippen molar-refractivity contribution in [1.82, 2.24) is 14.6 Å². The number of benzene rings is 1. The van der Waals surface area contributed by atoms with Crippen molar-refractivity contribution in [1.29, 1.82) is 0 Å². The molecule has 2 aromatic rings. The largest absolute Gasteiger partial charge is 0.314 e. The Hall–Kier alpha value is -1.50. The molecule has 0 saturated carbocycles. The fourth-order valence-corrected chi connectivity index (χ4v) is 4.55. The Balaban J connectivity index is 2.15. The number of aryl methyl sites for hydroxylation is 1. The van der Waals surface area contributed by atoms with Crippen LogP contribution in [-0.2, 0) is 10.0 Å². The first-order valence-corrected chi connectivity index (χ1v) is 8.52. The summed E-state index contributed by atoms with van der Waals surface area (Å²) in [5.74, 6) is 0. The Labute approximate surface area is 125 Å². The number of piperazine rings is 1. The molecule has 1 atom stereocenters. The van der Waals surface area contributed by atoms with Gasteiger partial charge in [-0.2, -0.15) is 4.31 Å². The number of hydrogen-bond donors (Lipinski definition) is 1. The van der Waals surface area contributed by atoms with Crippen LogP contribution in [0.4, 0.5) is 0 Å².